The lowest BCUT2D eigenvalue weighted by Crippen LogP contribution is -2.42. The minimum Gasteiger partial charge on any atom is -0.356 e. The molecule has 1 aromatic rings. The number of carbonyl (C=O) groups is 1. The highest BCUT2D eigenvalue weighted by Gasteiger charge is 2.14. The molecule has 0 saturated carbocycles. The van der Waals surface area contributed by atoms with Crippen molar-refractivity contribution in [2.24, 2.45) is 10.9 Å². The quantitative estimate of drug-likeness (QED) is 0.247. The Hall–Kier alpha value is -1.35. The van der Waals surface area contributed by atoms with Gasteiger partial charge in [0.2, 0.25) is 5.91 Å². The Morgan fingerprint density at radius 2 is 1.88 bits per heavy atom. The van der Waals surface area contributed by atoms with Crippen LogP contribution < -0.4 is 16.0 Å². The number of nitrogens with one attached hydrogen (secondary N) is 3. The van der Waals surface area contributed by atoms with Crippen LogP contribution in [0.1, 0.15) is 26.2 Å². The summed E-state index contributed by atoms with van der Waals surface area (Å²) in [7, 11) is 1.72. The van der Waals surface area contributed by atoms with Gasteiger partial charge in [-0.05, 0) is 56.9 Å². The average molecular weight is 473 g/mol. The van der Waals surface area contributed by atoms with Gasteiger partial charge in [0, 0.05) is 19.3 Å². The average Bonchev–Trinajstić information content (AvgIpc) is 2.63. The molecule has 0 spiro atoms. The minimum atomic E-state index is -0.0865. The van der Waals surface area contributed by atoms with Gasteiger partial charge in [-0.1, -0.05) is 25.1 Å². The first-order chi connectivity index (χ1) is 12.2. The van der Waals surface area contributed by atoms with E-state index in [4.69, 9.17) is 0 Å². The van der Waals surface area contributed by atoms with E-state index in [0.29, 0.717) is 5.96 Å². The van der Waals surface area contributed by atoms with E-state index < -0.39 is 0 Å². The molecule has 26 heavy (non-hydrogen) atoms. The van der Waals surface area contributed by atoms with Crippen LogP contribution in [-0.2, 0) is 4.79 Å². The number of piperidine rings is 1. The van der Waals surface area contributed by atoms with E-state index in [1.807, 2.05) is 30.3 Å². The molecular weight excluding hydrogens is 441 g/mol. The summed E-state index contributed by atoms with van der Waals surface area (Å²) < 4.78 is 0. The summed E-state index contributed by atoms with van der Waals surface area (Å²) >= 11 is 0. The first-order valence-corrected chi connectivity index (χ1v) is 9.19. The number of para-hydroxylation sites is 1. The van der Waals surface area contributed by atoms with E-state index in [-0.39, 0.29) is 36.4 Å². The molecule has 1 amide bonds. The molecule has 0 bridgehead atoms. The second kappa shape index (κ2) is 12.9. The number of halogens is 1. The van der Waals surface area contributed by atoms with Gasteiger partial charge in [0.15, 0.2) is 5.96 Å². The first-order valence-electron chi connectivity index (χ1n) is 9.19. The second-order valence-corrected chi connectivity index (χ2v) is 6.64. The van der Waals surface area contributed by atoms with Crippen LogP contribution >= 0.6 is 24.0 Å². The molecule has 1 saturated heterocycles. The van der Waals surface area contributed by atoms with Crippen LogP contribution in [0.3, 0.4) is 0 Å². The number of hydrogen-bond donors (Lipinski definition) is 3. The molecule has 1 aliphatic heterocycles. The van der Waals surface area contributed by atoms with Crippen molar-refractivity contribution in [2.75, 3.05) is 45.1 Å². The van der Waals surface area contributed by atoms with Crippen molar-refractivity contribution in [2.45, 2.75) is 26.2 Å². The zero-order valence-corrected chi connectivity index (χ0v) is 18.2. The summed E-state index contributed by atoms with van der Waals surface area (Å²) in [6, 6.07) is 9.45. The van der Waals surface area contributed by atoms with Gasteiger partial charge in [0.25, 0.3) is 0 Å². The van der Waals surface area contributed by atoms with E-state index in [0.717, 1.165) is 31.1 Å². The molecule has 0 radical (unpaired) electrons. The maximum absolute atomic E-state index is 11.9. The van der Waals surface area contributed by atoms with Crippen LogP contribution in [0.2, 0.25) is 0 Å². The largest absolute Gasteiger partial charge is 0.356 e. The topological polar surface area (TPSA) is 68.8 Å². The standard InChI is InChI=1S/C19H31N5O.HI/c1-16-9-13-24(14-10-16)12-6-11-21-19(20-2)22-15-18(25)23-17-7-4-3-5-8-17;/h3-5,7-8,16H,6,9-15H2,1-2H3,(H,23,25)(H2,20,21,22);1H. The lowest BCUT2D eigenvalue weighted by Gasteiger charge is -2.30. The third-order valence-corrected chi connectivity index (χ3v) is 4.52. The number of anilines is 1. The zero-order valence-electron chi connectivity index (χ0n) is 15.8. The summed E-state index contributed by atoms with van der Waals surface area (Å²) in [5, 5.41) is 9.16. The van der Waals surface area contributed by atoms with Gasteiger partial charge >= 0.3 is 0 Å². The van der Waals surface area contributed by atoms with Crippen molar-refractivity contribution in [3.05, 3.63) is 30.3 Å². The van der Waals surface area contributed by atoms with Gasteiger partial charge in [-0.25, -0.2) is 0 Å². The van der Waals surface area contributed by atoms with Gasteiger partial charge in [-0.2, -0.15) is 0 Å². The summed E-state index contributed by atoms with van der Waals surface area (Å²) in [4.78, 5) is 18.6. The number of rotatable bonds is 7. The smallest absolute Gasteiger partial charge is 0.243 e. The normalized spacial score (nSPS) is 15.8. The molecule has 3 N–H and O–H groups in total. The molecule has 0 atom stereocenters. The van der Waals surface area contributed by atoms with Crippen LogP contribution in [0.5, 0.6) is 0 Å². The summed E-state index contributed by atoms with van der Waals surface area (Å²) in [5.74, 6) is 1.45. The summed E-state index contributed by atoms with van der Waals surface area (Å²) in [6.45, 7) is 6.93. The zero-order chi connectivity index (χ0) is 17.9. The summed E-state index contributed by atoms with van der Waals surface area (Å²) in [6.07, 6.45) is 3.70. The molecule has 6 nitrogen and oxygen atoms in total. The molecule has 1 aromatic carbocycles. The third-order valence-electron chi connectivity index (χ3n) is 4.52. The Bertz CT molecular complexity index is 544. The molecular formula is C19H32IN5O. The predicted octanol–water partition coefficient (Wildman–Crippen LogP) is 2.53. The Morgan fingerprint density at radius 3 is 2.54 bits per heavy atom. The molecule has 1 fully saturated rings. The SMILES string of the molecule is CN=C(NCCCN1CCC(C)CC1)NCC(=O)Nc1ccccc1.I. The molecule has 7 heteroatoms. The highest BCUT2D eigenvalue weighted by molar-refractivity contribution is 14.0. The number of benzene rings is 1. The number of aliphatic imine (C=N–C) groups is 1. The van der Waals surface area contributed by atoms with Crippen molar-refractivity contribution in [3.8, 4) is 0 Å². The van der Waals surface area contributed by atoms with Gasteiger partial charge in [0.1, 0.15) is 0 Å². The van der Waals surface area contributed by atoms with Crippen molar-refractivity contribution >= 4 is 41.5 Å². The van der Waals surface area contributed by atoms with E-state index in [2.05, 4.69) is 32.8 Å². The maximum Gasteiger partial charge on any atom is 0.243 e. The van der Waals surface area contributed by atoms with Crippen LogP contribution in [-0.4, -0.2) is 56.5 Å². The predicted molar refractivity (Wildman–Crippen MR) is 119 cm³/mol. The van der Waals surface area contributed by atoms with Crippen molar-refractivity contribution in [3.63, 3.8) is 0 Å². The first kappa shape index (κ1) is 22.7. The number of guanidine groups is 1. The fourth-order valence-corrected chi connectivity index (χ4v) is 2.91. The number of amides is 1. The van der Waals surface area contributed by atoms with Crippen LogP contribution in [0, 0.1) is 5.92 Å². The van der Waals surface area contributed by atoms with E-state index in [1.54, 1.807) is 7.05 Å². The van der Waals surface area contributed by atoms with Crippen LogP contribution in [0.15, 0.2) is 35.3 Å². The number of nitrogens with zero attached hydrogens (tertiary/aromatic N) is 2. The maximum atomic E-state index is 11.9. The molecule has 0 unspecified atom stereocenters. The highest BCUT2D eigenvalue weighted by Crippen LogP contribution is 2.15. The third kappa shape index (κ3) is 8.84. The van der Waals surface area contributed by atoms with Crippen molar-refractivity contribution < 1.29 is 4.79 Å². The monoisotopic (exact) mass is 473 g/mol. The molecule has 1 aliphatic rings. The van der Waals surface area contributed by atoms with Gasteiger partial charge < -0.3 is 20.9 Å². The Kier molecular flexibility index (Phi) is 11.3. The Balaban J connectivity index is 0.00000338. The fourth-order valence-electron chi connectivity index (χ4n) is 2.91. The van der Waals surface area contributed by atoms with Gasteiger partial charge in [0.05, 0.1) is 6.54 Å². The van der Waals surface area contributed by atoms with E-state index in [9.17, 15) is 4.79 Å². The van der Waals surface area contributed by atoms with Crippen molar-refractivity contribution in [1.29, 1.82) is 0 Å². The van der Waals surface area contributed by atoms with E-state index >= 15 is 0 Å². The summed E-state index contributed by atoms with van der Waals surface area (Å²) in [5.41, 5.74) is 0.799. The Labute approximate surface area is 174 Å². The molecule has 0 aromatic heterocycles. The molecule has 146 valence electrons. The van der Waals surface area contributed by atoms with Gasteiger partial charge in [-0.15, -0.1) is 24.0 Å². The van der Waals surface area contributed by atoms with Crippen molar-refractivity contribution in [1.82, 2.24) is 15.5 Å². The number of hydrogen-bond acceptors (Lipinski definition) is 3. The molecule has 1 heterocycles. The Morgan fingerprint density at radius 1 is 1.19 bits per heavy atom. The van der Waals surface area contributed by atoms with Gasteiger partial charge in [-0.3, -0.25) is 9.79 Å². The lowest BCUT2D eigenvalue weighted by atomic mass is 9.99. The second-order valence-electron chi connectivity index (χ2n) is 6.64. The molecule has 0 aliphatic carbocycles. The fraction of sp³-hybridized carbons (Fsp3) is 0.579. The molecule has 2 rings (SSSR count). The van der Waals surface area contributed by atoms with E-state index in [1.165, 1.54) is 25.9 Å². The van der Waals surface area contributed by atoms with Crippen LogP contribution in [0.25, 0.3) is 0 Å². The number of carbonyl (C=O) groups excluding carboxylic acids is 1. The highest BCUT2D eigenvalue weighted by atomic mass is 127. The van der Waals surface area contributed by atoms with Crippen LogP contribution in [0.4, 0.5) is 5.69 Å². The number of likely N-dealkylation sites (tertiary alicyclic amines) is 1. The minimum absolute atomic E-state index is 0. The lowest BCUT2D eigenvalue weighted by molar-refractivity contribution is -0.115.